The Balaban J connectivity index is 2.40. The first kappa shape index (κ1) is 14.5. The van der Waals surface area contributed by atoms with Crippen LogP contribution >= 0.6 is 11.6 Å². The van der Waals surface area contributed by atoms with Crippen LogP contribution < -0.4 is 5.32 Å². The summed E-state index contributed by atoms with van der Waals surface area (Å²) in [5.41, 5.74) is 0.319. The predicted molar refractivity (Wildman–Crippen MR) is 72.3 cm³/mol. The molecule has 0 fully saturated rings. The molecule has 0 saturated heterocycles. The highest BCUT2D eigenvalue weighted by atomic mass is 35.5. The van der Waals surface area contributed by atoms with E-state index in [9.17, 15) is 5.11 Å². The van der Waals surface area contributed by atoms with Crippen molar-refractivity contribution >= 4 is 11.6 Å². The Kier molecular flexibility index (Phi) is 5.40. The van der Waals surface area contributed by atoms with Crippen LogP contribution in [-0.4, -0.2) is 42.8 Å². The summed E-state index contributed by atoms with van der Waals surface area (Å²) in [5.74, 6) is 0. The van der Waals surface area contributed by atoms with E-state index in [1.165, 1.54) is 0 Å². The topological polar surface area (TPSA) is 35.5 Å². The van der Waals surface area contributed by atoms with Gasteiger partial charge in [0.15, 0.2) is 0 Å². The number of rotatable bonds is 6. The summed E-state index contributed by atoms with van der Waals surface area (Å²) < 4.78 is 0. The van der Waals surface area contributed by atoms with Gasteiger partial charge in [-0.3, -0.25) is 0 Å². The Morgan fingerprint density at radius 2 is 2.00 bits per heavy atom. The molecule has 1 atom stereocenters. The molecule has 0 aliphatic heterocycles. The second-order valence-electron chi connectivity index (χ2n) is 4.93. The molecule has 0 aliphatic carbocycles. The van der Waals surface area contributed by atoms with Crippen molar-refractivity contribution in [2.45, 2.75) is 19.1 Å². The molecule has 1 aromatic carbocycles. The maximum atomic E-state index is 10.1. The van der Waals surface area contributed by atoms with Gasteiger partial charge in [0.05, 0.1) is 5.60 Å². The molecule has 0 aromatic heterocycles. The summed E-state index contributed by atoms with van der Waals surface area (Å²) in [7, 11) is 3.89. The summed E-state index contributed by atoms with van der Waals surface area (Å²) in [6, 6.07) is 7.72. The molecule has 96 valence electrons. The summed E-state index contributed by atoms with van der Waals surface area (Å²) in [6.07, 6.45) is 0. The predicted octanol–water partition coefficient (Wildman–Crippen LogP) is 1.74. The number of nitrogens with one attached hydrogen (secondary N) is 1. The Morgan fingerprint density at radius 1 is 1.35 bits per heavy atom. The van der Waals surface area contributed by atoms with Crippen molar-refractivity contribution in [3.63, 3.8) is 0 Å². The first-order chi connectivity index (χ1) is 7.91. The highest BCUT2D eigenvalue weighted by molar-refractivity contribution is 6.31. The number of hydrogen-bond donors (Lipinski definition) is 2. The van der Waals surface area contributed by atoms with Crippen LogP contribution in [-0.2, 0) is 6.54 Å². The fraction of sp³-hybridized carbons (Fsp3) is 0.538. The van der Waals surface area contributed by atoms with Gasteiger partial charge in [-0.15, -0.1) is 0 Å². The van der Waals surface area contributed by atoms with Gasteiger partial charge in [0, 0.05) is 24.7 Å². The fourth-order valence-electron chi connectivity index (χ4n) is 1.85. The molecule has 2 N–H and O–H groups in total. The lowest BCUT2D eigenvalue weighted by atomic mass is 10.1. The molecule has 17 heavy (non-hydrogen) atoms. The number of likely N-dealkylation sites (N-methyl/N-ethyl adjacent to an activating group) is 1. The van der Waals surface area contributed by atoms with E-state index in [-0.39, 0.29) is 0 Å². The van der Waals surface area contributed by atoms with Crippen LogP contribution in [0.15, 0.2) is 24.3 Å². The first-order valence-corrected chi connectivity index (χ1v) is 6.10. The molecule has 1 unspecified atom stereocenters. The van der Waals surface area contributed by atoms with Crippen molar-refractivity contribution in [2.75, 3.05) is 27.2 Å². The van der Waals surface area contributed by atoms with E-state index in [2.05, 4.69) is 5.32 Å². The van der Waals surface area contributed by atoms with Gasteiger partial charge in [-0.2, -0.15) is 0 Å². The molecule has 0 saturated carbocycles. The quantitative estimate of drug-likeness (QED) is 0.814. The minimum absolute atomic E-state index is 0.538. The molecule has 4 heteroatoms. The van der Waals surface area contributed by atoms with E-state index in [4.69, 9.17) is 11.6 Å². The lowest BCUT2D eigenvalue weighted by molar-refractivity contribution is 0.0336. The van der Waals surface area contributed by atoms with E-state index < -0.39 is 5.60 Å². The highest BCUT2D eigenvalue weighted by Crippen LogP contribution is 2.14. The lowest BCUT2D eigenvalue weighted by Gasteiger charge is -2.27. The third-order valence-electron chi connectivity index (χ3n) is 2.44. The molecular weight excluding hydrogens is 236 g/mol. The molecule has 1 aromatic rings. The van der Waals surface area contributed by atoms with Crippen LogP contribution in [0.4, 0.5) is 0 Å². The van der Waals surface area contributed by atoms with Crippen molar-refractivity contribution in [1.82, 2.24) is 10.2 Å². The van der Waals surface area contributed by atoms with E-state index >= 15 is 0 Å². The number of hydrogen-bond acceptors (Lipinski definition) is 3. The van der Waals surface area contributed by atoms with Crippen LogP contribution in [0.3, 0.4) is 0 Å². The van der Waals surface area contributed by atoms with Crippen molar-refractivity contribution < 1.29 is 5.11 Å². The van der Waals surface area contributed by atoms with Crippen molar-refractivity contribution in [3.8, 4) is 0 Å². The standard InChI is InChI=1S/C13H21ClN2O/c1-13(17,10-16(2)3)9-15-8-11-6-4-5-7-12(11)14/h4-7,15,17H,8-10H2,1-3H3. The molecule has 0 spiro atoms. The zero-order valence-electron chi connectivity index (χ0n) is 10.7. The van der Waals surface area contributed by atoms with Gasteiger partial charge < -0.3 is 15.3 Å². The average molecular weight is 257 g/mol. The maximum Gasteiger partial charge on any atom is 0.0869 e. The summed E-state index contributed by atoms with van der Waals surface area (Å²) in [4.78, 5) is 1.97. The SMILES string of the molecule is CN(C)CC(C)(O)CNCc1ccccc1Cl. The summed E-state index contributed by atoms with van der Waals surface area (Å²) >= 11 is 6.05. The maximum absolute atomic E-state index is 10.1. The molecule has 1 rings (SSSR count). The Bertz CT molecular complexity index is 353. The van der Waals surface area contributed by atoms with Crippen LogP contribution in [0.5, 0.6) is 0 Å². The van der Waals surface area contributed by atoms with Crippen LogP contribution in [0.1, 0.15) is 12.5 Å². The normalized spacial score (nSPS) is 14.9. The van der Waals surface area contributed by atoms with Crippen LogP contribution in [0, 0.1) is 0 Å². The van der Waals surface area contributed by atoms with Crippen LogP contribution in [0.2, 0.25) is 5.02 Å². The van der Waals surface area contributed by atoms with E-state index in [0.29, 0.717) is 19.6 Å². The Morgan fingerprint density at radius 3 is 2.59 bits per heavy atom. The minimum Gasteiger partial charge on any atom is -0.388 e. The number of halogens is 1. The monoisotopic (exact) mass is 256 g/mol. The largest absolute Gasteiger partial charge is 0.388 e. The molecule has 0 radical (unpaired) electrons. The number of aliphatic hydroxyl groups is 1. The van der Waals surface area contributed by atoms with Gasteiger partial charge in [-0.25, -0.2) is 0 Å². The number of nitrogens with zero attached hydrogens (tertiary/aromatic N) is 1. The summed E-state index contributed by atoms with van der Waals surface area (Å²) in [6.45, 7) is 3.66. The third kappa shape index (κ3) is 5.50. The lowest BCUT2D eigenvalue weighted by Crippen LogP contribution is -2.45. The first-order valence-electron chi connectivity index (χ1n) is 5.72. The second-order valence-corrected chi connectivity index (χ2v) is 5.34. The molecule has 0 aliphatic rings. The van der Waals surface area contributed by atoms with Gasteiger partial charge >= 0.3 is 0 Å². The highest BCUT2D eigenvalue weighted by Gasteiger charge is 2.20. The van der Waals surface area contributed by atoms with E-state index in [1.54, 1.807) is 0 Å². The Labute approximate surface area is 108 Å². The van der Waals surface area contributed by atoms with E-state index in [0.717, 1.165) is 10.6 Å². The van der Waals surface area contributed by atoms with Gasteiger partial charge in [0.2, 0.25) is 0 Å². The minimum atomic E-state index is -0.731. The summed E-state index contributed by atoms with van der Waals surface area (Å²) in [5, 5.41) is 14.1. The molecular formula is C13H21ClN2O. The molecule has 0 bridgehead atoms. The smallest absolute Gasteiger partial charge is 0.0869 e. The van der Waals surface area contributed by atoms with Gasteiger partial charge in [0.1, 0.15) is 0 Å². The van der Waals surface area contributed by atoms with Gasteiger partial charge in [-0.05, 0) is 32.6 Å². The zero-order valence-corrected chi connectivity index (χ0v) is 11.5. The van der Waals surface area contributed by atoms with E-state index in [1.807, 2.05) is 50.2 Å². The van der Waals surface area contributed by atoms with Crippen molar-refractivity contribution in [1.29, 1.82) is 0 Å². The second kappa shape index (κ2) is 6.36. The molecule has 3 nitrogen and oxygen atoms in total. The van der Waals surface area contributed by atoms with Gasteiger partial charge in [-0.1, -0.05) is 29.8 Å². The van der Waals surface area contributed by atoms with Crippen molar-refractivity contribution in [3.05, 3.63) is 34.9 Å². The molecule has 0 amide bonds. The van der Waals surface area contributed by atoms with Gasteiger partial charge in [0.25, 0.3) is 0 Å². The average Bonchev–Trinajstić information content (AvgIpc) is 2.18. The third-order valence-corrected chi connectivity index (χ3v) is 2.80. The zero-order chi connectivity index (χ0) is 12.9. The Hall–Kier alpha value is -0.610. The van der Waals surface area contributed by atoms with Crippen LogP contribution in [0.25, 0.3) is 0 Å². The fourth-order valence-corrected chi connectivity index (χ4v) is 2.05. The number of benzene rings is 1. The van der Waals surface area contributed by atoms with Crippen molar-refractivity contribution in [2.24, 2.45) is 0 Å². The molecule has 0 heterocycles.